The Morgan fingerprint density at radius 1 is 1.06 bits per heavy atom. The Balaban J connectivity index is 1.92. The molecule has 2 N–H and O–H groups in total. The predicted molar refractivity (Wildman–Crippen MR) is 105 cm³/mol. The number of alkyl halides is 3. The van der Waals surface area contributed by atoms with Crippen LogP contribution in [0.4, 0.5) is 24.5 Å². The first-order chi connectivity index (χ1) is 14.4. The molecule has 1 aromatic carbocycles. The number of carbonyl (C=O) groups is 2. The van der Waals surface area contributed by atoms with Crippen molar-refractivity contribution in [1.82, 2.24) is 4.31 Å². The lowest BCUT2D eigenvalue weighted by Gasteiger charge is -2.14. The fraction of sp³-hybridized carbons (Fsp3) is 0.368. The number of aryl methyl sites for hydroxylation is 1. The third kappa shape index (κ3) is 4.90. The minimum atomic E-state index is -4.67. The Labute approximate surface area is 176 Å². The van der Waals surface area contributed by atoms with Gasteiger partial charge in [-0.2, -0.15) is 17.5 Å². The van der Waals surface area contributed by atoms with Gasteiger partial charge in [-0.15, -0.1) is 0 Å². The van der Waals surface area contributed by atoms with Crippen molar-refractivity contribution >= 4 is 33.2 Å². The van der Waals surface area contributed by atoms with Gasteiger partial charge in [-0.25, -0.2) is 8.42 Å². The lowest BCUT2D eigenvalue weighted by molar-refractivity contribution is -0.137. The van der Waals surface area contributed by atoms with Crippen LogP contribution in [0.1, 0.15) is 41.6 Å². The van der Waals surface area contributed by atoms with Crippen LogP contribution in [0.25, 0.3) is 0 Å². The zero-order chi connectivity index (χ0) is 23.0. The van der Waals surface area contributed by atoms with Gasteiger partial charge in [0.05, 0.1) is 16.9 Å². The summed E-state index contributed by atoms with van der Waals surface area (Å²) in [5, 5.41) is 4.58. The molecule has 1 aliphatic rings. The molecule has 0 atom stereocenters. The van der Waals surface area contributed by atoms with Crippen LogP contribution in [0.2, 0.25) is 0 Å². The van der Waals surface area contributed by atoms with Crippen molar-refractivity contribution in [3.8, 4) is 0 Å². The molecule has 2 amide bonds. The highest BCUT2D eigenvalue weighted by Crippen LogP contribution is 2.34. The van der Waals surface area contributed by atoms with Crippen LogP contribution >= 0.6 is 0 Å². The molecule has 8 nitrogen and oxygen atoms in total. The molecule has 0 saturated carbocycles. The zero-order valence-corrected chi connectivity index (χ0v) is 17.5. The quantitative estimate of drug-likeness (QED) is 0.710. The molecule has 0 spiro atoms. The Morgan fingerprint density at radius 2 is 1.71 bits per heavy atom. The van der Waals surface area contributed by atoms with Gasteiger partial charge >= 0.3 is 6.18 Å². The fourth-order valence-corrected chi connectivity index (χ4v) is 4.89. The molecule has 3 rings (SSSR count). The van der Waals surface area contributed by atoms with Crippen molar-refractivity contribution in [1.29, 1.82) is 0 Å². The van der Waals surface area contributed by atoms with E-state index in [0.717, 1.165) is 38.0 Å². The van der Waals surface area contributed by atoms with Crippen molar-refractivity contribution in [3.63, 3.8) is 0 Å². The zero-order valence-electron chi connectivity index (χ0n) is 16.7. The molecule has 1 fully saturated rings. The third-order valence-corrected chi connectivity index (χ3v) is 6.69. The average molecular weight is 459 g/mol. The number of hydrogen-bond donors (Lipinski definition) is 2. The number of benzene rings is 1. The summed E-state index contributed by atoms with van der Waals surface area (Å²) in [6, 6.07) is 3.49. The van der Waals surface area contributed by atoms with Gasteiger partial charge in [-0.3, -0.25) is 9.59 Å². The SMILES string of the molecule is CC(=O)Nc1ccc(C(F)(F)F)cc1NC(=O)c1cc(S(=O)(=O)N2CCCC2)c(C)o1. The number of nitrogens with zero attached hydrogens (tertiary/aromatic N) is 1. The number of anilines is 2. The van der Waals surface area contributed by atoms with Crippen LogP contribution < -0.4 is 10.6 Å². The van der Waals surface area contributed by atoms with Gasteiger partial charge < -0.3 is 15.1 Å². The standard InChI is InChI=1S/C19H20F3N3O5S/c1-11-17(31(28,29)25-7-3-4-8-25)10-16(30-11)18(27)24-15-9-13(19(20,21)22)5-6-14(15)23-12(2)26/h5-6,9-10H,3-4,7-8H2,1-2H3,(H,23,26)(H,24,27). The molecular formula is C19H20F3N3O5S. The maximum absolute atomic E-state index is 13.1. The van der Waals surface area contributed by atoms with Crippen molar-refractivity contribution < 1.29 is 35.6 Å². The van der Waals surface area contributed by atoms with Crippen LogP contribution in [0.3, 0.4) is 0 Å². The summed E-state index contributed by atoms with van der Waals surface area (Å²) < 4.78 is 71.3. The van der Waals surface area contributed by atoms with Crippen molar-refractivity contribution in [2.24, 2.45) is 0 Å². The number of hydrogen-bond acceptors (Lipinski definition) is 5. The molecule has 1 saturated heterocycles. The maximum atomic E-state index is 13.1. The second-order valence-corrected chi connectivity index (χ2v) is 8.94. The lowest BCUT2D eigenvalue weighted by Crippen LogP contribution is -2.28. The molecule has 31 heavy (non-hydrogen) atoms. The van der Waals surface area contributed by atoms with Crippen LogP contribution in [0.15, 0.2) is 33.6 Å². The van der Waals surface area contributed by atoms with E-state index in [2.05, 4.69) is 10.6 Å². The summed E-state index contributed by atoms with van der Waals surface area (Å²) >= 11 is 0. The molecule has 1 aliphatic heterocycles. The van der Waals surface area contributed by atoms with Gasteiger partial charge in [-0.1, -0.05) is 0 Å². The number of sulfonamides is 1. The second-order valence-electron chi connectivity index (χ2n) is 7.04. The first-order valence-corrected chi connectivity index (χ1v) is 10.7. The number of furan rings is 1. The molecule has 2 aromatic rings. The molecular weight excluding hydrogens is 439 g/mol. The van der Waals surface area contributed by atoms with Crippen molar-refractivity contribution in [2.45, 2.75) is 37.8 Å². The van der Waals surface area contributed by atoms with E-state index in [1.165, 1.54) is 11.2 Å². The van der Waals surface area contributed by atoms with Gasteiger partial charge in [0.25, 0.3) is 5.91 Å². The van der Waals surface area contributed by atoms with Crippen LogP contribution in [-0.4, -0.2) is 37.6 Å². The highest BCUT2D eigenvalue weighted by atomic mass is 32.2. The van der Waals surface area contributed by atoms with Crippen LogP contribution in [0, 0.1) is 6.92 Å². The minimum absolute atomic E-state index is 0.0109. The number of halogens is 3. The summed E-state index contributed by atoms with van der Waals surface area (Å²) in [4.78, 5) is 23.8. The molecule has 1 aromatic heterocycles. The normalized spacial score (nSPS) is 15.1. The van der Waals surface area contributed by atoms with E-state index in [1.807, 2.05) is 0 Å². The topological polar surface area (TPSA) is 109 Å². The average Bonchev–Trinajstić information content (AvgIpc) is 3.32. The lowest BCUT2D eigenvalue weighted by atomic mass is 10.1. The highest BCUT2D eigenvalue weighted by molar-refractivity contribution is 7.89. The van der Waals surface area contributed by atoms with E-state index in [1.54, 1.807) is 0 Å². The van der Waals surface area contributed by atoms with Crippen molar-refractivity contribution in [3.05, 3.63) is 41.3 Å². The first kappa shape index (κ1) is 22.8. The Kier molecular flexibility index (Phi) is 6.14. The Bertz CT molecular complexity index is 1120. The first-order valence-electron chi connectivity index (χ1n) is 9.30. The fourth-order valence-electron chi connectivity index (χ4n) is 3.21. The summed E-state index contributed by atoms with van der Waals surface area (Å²) in [6.45, 7) is 3.26. The Morgan fingerprint density at radius 3 is 2.29 bits per heavy atom. The van der Waals surface area contributed by atoms with E-state index >= 15 is 0 Å². The summed E-state index contributed by atoms with van der Waals surface area (Å²) in [5.41, 5.74) is -1.40. The molecule has 0 unspecified atom stereocenters. The van der Waals surface area contributed by atoms with Gasteiger partial charge in [0, 0.05) is 26.1 Å². The van der Waals surface area contributed by atoms with E-state index in [-0.39, 0.29) is 27.8 Å². The predicted octanol–water partition coefficient (Wildman–Crippen LogP) is 3.60. The molecule has 2 heterocycles. The molecule has 168 valence electrons. The van der Waals surface area contributed by atoms with Gasteiger partial charge in [0.2, 0.25) is 15.9 Å². The summed E-state index contributed by atoms with van der Waals surface area (Å²) in [7, 11) is -3.85. The monoisotopic (exact) mass is 459 g/mol. The number of nitrogens with one attached hydrogen (secondary N) is 2. The van der Waals surface area contributed by atoms with Crippen LogP contribution in [-0.2, 0) is 21.0 Å². The molecule has 0 radical (unpaired) electrons. The Hall–Kier alpha value is -2.86. The van der Waals surface area contributed by atoms with Gasteiger partial charge in [0.1, 0.15) is 10.7 Å². The molecule has 0 bridgehead atoms. The van der Waals surface area contributed by atoms with E-state index in [0.29, 0.717) is 19.2 Å². The summed E-state index contributed by atoms with van der Waals surface area (Å²) in [6.07, 6.45) is -3.22. The highest BCUT2D eigenvalue weighted by Gasteiger charge is 2.33. The van der Waals surface area contributed by atoms with Crippen LogP contribution in [0.5, 0.6) is 0 Å². The smallest absolute Gasteiger partial charge is 0.416 e. The van der Waals surface area contributed by atoms with E-state index in [9.17, 15) is 31.2 Å². The van der Waals surface area contributed by atoms with E-state index < -0.39 is 33.6 Å². The van der Waals surface area contributed by atoms with E-state index in [4.69, 9.17) is 4.42 Å². The van der Waals surface area contributed by atoms with Gasteiger partial charge in [0.15, 0.2) is 5.76 Å². The van der Waals surface area contributed by atoms with Crippen molar-refractivity contribution in [2.75, 3.05) is 23.7 Å². The molecule has 0 aliphatic carbocycles. The number of rotatable bonds is 5. The summed E-state index contributed by atoms with van der Waals surface area (Å²) in [5.74, 6) is -1.91. The second kappa shape index (κ2) is 8.35. The minimum Gasteiger partial charge on any atom is -0.455 e. The maximum Gasteiger partial charge on any atom is 0.416 e. The molecule has 12 heteroatoms. The third-order valence-electron chi connectivity index (χ3n) is 4.68. The van der Waals surface area contributed by atoms with Gasteiger partial charge in [-0.05, 0) is 38.0 Å². The number of amides is 2. The number of carbonyl (C=O) groups excluding carboxylic acids is 2. The largest absolute Gasteiger partial charge is 0.455 e.